The molecule has 0 aromatic carbocycles. The molecule has 1 aliphatic rings. The van der Waals surface area contributed by atoms with E-state index in [2.05, 4.69) is 15.5 Å². The number of nitrogens with one attached hydrogen (secondary N) is 1. The third kappa shape index (κ3) is 5.41. The van der Waals surface area contributed by atoms with Crippen LogP contribution in [0, 0.1) is 0 Å². The Morgan fingerprint density at radius 2 is 2.08 bits per heavy atom. The third-order valence-corrected chi connectivity index (χ3v) is 6.00. The molecule has 1 fully saturated rings. The summed E-state index contributed by atoms with van der Waals surface area (Å²) in [6.07, 6.45) is 1.37. The van der Waals surface area contributed by atoms with Gasteiger partial charge in [0.05, 0.1) is 11.3 Å². The van der Waals surface area contributed by atoms with Crippen molar-refractivity contribution in [3.8, 4) is 0 Å². The molecule has 25 heavy (non-hydrogen) atoms. The molecule has 9 nitrogen and oxygen atoms in total. The van der Waals surface area contributed by atoms with Crippen molar-refractivity contribution in [3.63, 3.8) is 0 Å². The monoisotopic (exact) mass is 373 g/mol. The number of sulfonamides is 1. The fraction of sp³-hybridized carbons (Fsp3) is 0.733. The lowest BCUT2D eigenvalue weighted by Gasteiger charge is -2.36. The lowest BCUT2D eigenvalue weighted by Crippen LogP contribution is -2.55. The molecule has 0 radical (unpaired) electrons. The number of piperazine rings is 1. The first-order chi connectivity index (χ1) is 11.8. The van der Waals surface area contributed by atoms with Crippen LogP contribution in [0.25, 0.3) is 0 Å². The zero-order valence-electron chi connectivity index (χ0n) is 15.2. The maximum Gasteiger partial charge on any atom is 0.220 e. The van der Waals surface area contributed by atoms with E-state index in [9.17, 15) is 8.42 Å². The highest BCUT2D eigenvalue weighted by molar-refractivity contribution is 7.88. The Labute approximate surface area is 149 Å². The molecule has 0 unspecified atom stereocenters. The largest absolute Gasteiger partial charge is 0.377 e. The average Bonchev–Trinajstić information content (AvgIpc) is 3.08. The zero-order chi connectivity index (χ0) is 18.5. The second-order valence-corrected chi connectivity index (χ2v) is 8.47. The van der Waals surface area contributed by atoms with Gasteiger partial charge in [0.15, 0.2) is 5.96 Å². The van der Waals surface area contributed by atoms with Crippen LogP contribution in [0.3, 0.4) is 0 Å². The first-order valence-corrected chi connectivity index (χ1v) is 9.76. The Hall–Kier alpha value is -1.65. The molecule has 2 rings (SSSR count). The summed E-state index contributed by atoms with van der Waals surface area (Å²) in [4.78, 5) is 6.33. The number of guanidine groups is 1. The number of methoxy groups -OCH3 is 1. The van der Waals surface area contributed by atoms with Crippen molar-refractivity contribution >= 4 is 16.0 Å². The van der Waals surface area contributed by atoms with Gasteiger partial charge in [0, 0.05) is 52.9 Å². The molecule has 1 aliphatic heterocycles. The smallest absolute Gasteiger partial charge is 0.220 e. The van der Waals surface area contributed by atoms with Crippen LogP contribution in [0.5, 0.6) is 0 Å². The van der Waals surface area contributed by atoms with Gasteiger partial charge in [-0.15, -0.1) is 0 Å². The minimum Gasteiger partial charge on any atom is -0.377 e. The summed E-state index contributed by atoms with van der Waals surface area (Å²) in [5.41, 5.74) is 0.111. The van der Waals surface area contributed by atoms with E-state index in [1.54, 1.807) is 20.2 Å². The minimum absolute atomic E-state index is 0.140. The number of aromatic nitrogens is 1. The van der Waals surface area contributed by atoms with E-state index in [0.717, 1.165) is 5.96 Å². The van der Waals surface area contributed by atoms with Gasteiger partial charge in [0.2, 0.25) is 10.0 Å². The SMILES string of the molecule is CN=C(NCC(C)(C)OC)N1CCN(S(=O)(=O)Cc2ccon2)CC1. The minimum atomic E-state index is -3.40. The molecule has 1 aromatic heterocycles. The molecule has 0 spiro atoms. The summed E-state index contributed by atoms with van der Waals surface area (Å²) >= 11 is 0. The fourth-order valence-corrected chi connectivity index (χ4v) is 3.89. The Morgan fingerprint density at radius 3 is 2.60 bits per heavy atom. The maximum absolute atomic E-state index is 12.5. The van der Waals surface area contributed by atoms with E-state index in [1.807, 2.05) is 18.7 Å². The Kier molecular flexibility index (Phi) is 6.42. The standard InChI is InChI=1S/C15H27N5O4S/c1-15(2,23-4)12-17-14(16-3)19-6-8-20(9-7-19)25(21,22)11-13-5-10-24-18-13/h5,10H,6-9,11-12H2,1-4H3,(H,16,17). The van der Waals surface area contributed by atoms with Crippen molar-refractivity contribution in [2.45, 2.75) is 25.2 Å². The molecule has 0 amide bonds. The van der Waals surface area contributed by atoms with Gasteiger partial charge in [-0.25, -0.2) is 8.42 Å². The Bertz CT molecular complexity index is 664. The quantitative estimate of drug-likeness (QED) is 0.558. The van der Waals surface area contributed by atoms with Gasteiger partial charge in [-0.3, -0.25) is 4.99 Å². The van der Waals surface area contributed by atoms with Crippen molar-refractivity contribution in [1.29, 1.82) is 0 Å². The predicted molar refractivity (Wildman–Crippen MR) is 94.7 cm³/mol. The molecule has 0 aliphatic carbocycles. The van der Waals surface area contributed by atoms with Gasteiger partial charge in [-0.05, 0) is 13.8 Å². The molecule has 0 saturated carbocycles. The lowest BCUT2D eigenvalue weighted by molar-refractivity contribution is 0.0262. The molecule has 1 N–H and O–H groups in total. The summed E-state index contributed by atoms with van der Waals surface area (Å²) in [6.45, 7) is 6.56. The van der Waals surface area contributed by atoms with Crippen LogP contribution in [0.15, 0.2) is 21.8 Å². The third-order valence-electron chi connectivity index (χ3n) is 4.19. The molecule has 1 aromatic rings. The van der Waals surface area contributed by atoms with E-state index in [-0.39, 0.29) is 11.4 Å². The van der Waals surface area contributed by atoms with Crippen LogP contribution in [0.2, 0.25) is 0 Å². The number of hydrogen-bond acceptors (Lipinski definition) is 6. The van der Waals surface area contributed by atoms with E-state index < -0.39 is 10.0 Å². The van der Waals surface area contributed by atoms with Crippen molar-refractivity contribution < 1.29 is 17.7 Å². The van der Waals surface area contributed by atoms with E-state index >= 15 is 0 Å². The number of nitrogens with zero attached hydrogens (tertiary/aromatic N) is 4. The fourth-order valence-electron chi connectivity index (χ4n) is 2.46. The maximum atomic E-state index is 12.5. The number of aliphatic imine (C=N–C) groups is 1. The second kappa shape index (κ2) is 8.15. The highest BCUT2D eigenvalue weighted by atomic mass is 32.2. The van der Waals surface area contributed by atoms with Gasteiger partial charge >= 0.3 is 0 Å². The molecule has 10 heteroatoms. The first-order valence-electron chi connectivity index (χ1n) is 8.15. The average molecular weight is 373 g/mol. The van der Waals surface area contributed by atoms with Crippen molar-refractivity contribution in [3.05, 3.63) is 18.0 Å². The van der Waals surface area contributed by atoms with Crippen LogP contribution in [-0.2, 0) is 20.5 Å². The highest BCUT2D eigenvalue weighted by Gasteiger charge is 2.29. The number of hydrogen-bond donors (Lipinski definition) is 1. The van der Waals surface area contributed by atoms with Crippen molar-refractivity contribution in [2.24, 2.45) is 4.99 Å². The normalized spacial score (nSPS) is 17.8. The summed E-state index contributed by atoms with van der Waals surface area (Å²) in [5.74, 6) is 0.608. The van der Waals surface area contributed by atoms with E-state index in [1.165, 1.54) is 10.6 Å². The van der Waals surface area contributed by atoms with Gasteiger partial charge in [-0.2, -0.15) is 4.31 Å². The molecule has 1 saturated heterocycles. The van der Waals surface area contributed by atoms with Gasteiger partial charge < -0.3 is 19.5 Å². The predicted octanol–water partition coefficient (Wildman–Crippen LogP) is 0.122. The summed E-state index contributed by atoms with van der Waals surface area (Å²) in [7, 11) is -0.0101. The van der Waals surface area contributed by atoms with Gasteiger partial charge in [0.25, 0.3) is 0 Å². The first kappa shape index (κ1) is 19.7. The Balaban J connectivity index is 1.89. The number of rotatable bonds is 6. The van der Waals surface area contributed by atoms with Crippen LogP contribution < -0.4 is 5.32 Å². The van der Waals surface area contributed by atoms with E-state index in [4.69, 9.17) is 9.26 Å². The topological polar surface area (TPSA) is 100 Å². The molecule has 142 valence electrons. The Morgan fingerprint density at radius 1 is 1.40 bits per heavy atom. The molecule has 0 atom stereocenters. The zero-order valence-corrected chi connectivity index (χ0v) is 16.0. The molecular weight excluding hydrogens is 346 g/mol. The second-order valence-electron chi connectivity index (χ2n) is 6.50. The van der Waals surface area contributed by atoms with E-state index in [0.29, 0.717) is 38.4 Å². The van der Waals surface area contributed by atoms with Crippen molar-refractivity contribution in [2.75, 3.05) is 46.9 Å². The summed E-state index contributed by atoms with van der Waals surface area (Å²) in [5, 5.41) is 6.96. The molecule has 0 bridgehead atoms. The van der Waals surface area contributed by atoms with Gasteiger partial charge in [0.1, 0.15) is 12.0 Å². The molecule has 2 heterocycles. The van der Waals surface area contributed by atoms with Crippen LogP contribution in [-0.4, -0.2) is 81.2 Å². The highest BCUT2D eigenvalue weighted by Crippen LogP contribution is 2.13. The van der Waals surface area contributed by atoms with Gasteiger partial charge in [-0.1, -0.05) is 5.16 Å². The lowest BCUT2D eigenvalue weighted by atomic mass is 10.1. The molecular formula is C15H27N5O4S. The van der Waals surface area contributed by atoms with Crippen LogP contribution in [0.4, 0.5) is 0 Å². The number of ether oxygens (including phenoxy) is 1. The van der Waals surface area contributed by atoms with Crippen molar-refractivity contribution in [1.82, 2.24) is 19.7 Å². The van der Waals surface area contributed by atoms with Crippen LogP contribution >= 0.6 is 0 Å². The summed E-state index contributed by atoms with van der Waals surface area (Å²) < 4.78 is 36.5. The summed E-state index contributed by atoms with van der Waals surface area (Å²) in [6, 6.07) is 1.57. The van der Waals surface area contributed by atoms with Crippen LogP contribution in [0.1, 0.15) is 19.5 Å².